The minimum Gasteiger partial charge on any atom is -0.497 e. The number of hydrogen-bond donors (Lipinski definition) is 1. The molecule has 1 aromatic carbocycles. The molecule has 3 rings (SSSR count). The van der Waals surface area contributed by atoms with Crippen molar-refractivity contribution in [2.24, 2.45) is 0 Å². The molecule has 1 amide bonds. The number of benzene rings is 1. The van der Waals surface area contributed by atoms with Crippen LogP contribution >= 0.6 is 11.3 Å². The second kappa shape index (κ2) is 8.31. The number of rotatable bonds is 6. The number of nitrogens with one attached hydrogen (secondary N) is 1. The van der Waals surface area contributed by atoms with Crippen molar-refractivity contribution in [1.82, 2.24) is 9.88 Å². The Balaban J connectivity index is 1.67. The summed E-state index contributed by atoms with van der Waals surface area (Å²) in [7, 11) is 3.11. The highest BCUT2D eigenvalue weighted by molar-refractivity contribution is 7.14. The van der Waals surface area contributed by atoms with E-state index in [-0.39, 0.29) is 5.91 Å². The van der Waals surface area contributed by atoms with Gasteiger partial charge in [-0.25, -0.2) is 4.98 Å². The third kappa shape index (κ3) is 4.49. The molecule has 0 spiro atoms. The number of anilines is 1. The first-order valence-corrected chi connectivity index (χ1v) is 9.27. The number of thiazole rings is 1. The van der Waals surface area contributed by atoms with Gasteiger partial charge >= 0.3 is 0 Å². The van der Waals surface area contributed by atoms with Crippen molar-refractivity contribution < 1.29 is 14.3 Å². The molecular formula is C18H23N3O3S. The summed E-state index contributed by atoms with van der Waals surface area (Å²) in [5, 5.41) is 5.46. The van der Waals surface area contributed by atoms with Crippen LogP contribution in [0.2, 0.25) is 0 Å². The normalized spacial score (nSPS) is 15.0. The average Bonchev–Trinajstić information content (AvgIpc) is 3.08. The molecule has 1 fully saturated rings. The monoisotopic (exact) mass is 361 g/mol. The standard InChI is InChI=1S/C18H23N3O3S/c1-23-14-6-7-16(24-2)15(10-14)17(22)20-18-19-13(12-25-18)11-21-8-4-3-5-9-21/h6-7,10,12H,3-5,8-9,11H2,1-2H3,(H,19,20,22). The fourth-order valence-electron chi connectivity index (χ4n) is 2.94. The number of ether oxygens (including phenoxy) is 2. The Hall–Kier alpha value is -2.12. The smallest absolute Gasteiger partial charge is 0.261 e. The number of nitrogens with zero attached hydrogens (tertiary/aromatic N) is 2. The summed E-state index contributed by atoms with van der Waals surface area (Å²) in [4.78, 5) is 19.5. The highest BCUT2D eigenvalue weighted by atomic mass is 32.1. The molecular weight excluding hydrogens is 338 g/mol. The highest BCUT2D eigenvalue weighted by Crippen LogP contribution is 2.26. The highest BCUT2D eigenvalue weighted by Gasteiger charge is 2.16. The first kappa shape index (κ1) is 17.7. The van der Waals surface area contributed by atoms with Crippen LogP contribution < -0.4 is 14.8 Å². The van der Waals surface area contributed by atoms with E-state index in [1.54, 1.807) is 32.4 Å². The van der Waals surface area contributed by atoms with Crippen LogP contribution in [-0.2, 0) is 6.54 Å². The minimum atomic E-state index is -0.255. The number of carbonyl (C=O) groups is 1. The lowest BCUT2D eigenvalue weighted by Gasteiger charge is -2.25. The van der Waals surface area contributed by atoms with E-state index in [4.69, 9.17) is 9.47 Å². The predicted octanol–water partition coefficient (Wildman–Crippen LogP) is 3.40. The van der Waals surface area contributed by atoms with Crippen LogP contribution in [0.5, 0.6) is 11.5 Å². The summed E-state index contributed by atoms with van der Waals surface area (Å²) in [6.45, 7) is 3.09. The molecule has 25 heavy (non-hydrogen) atoms. The lowest BCUT2D eigenvalue weighted by molar-refractivity contribution is 0.102. The third-order valence-electron chi connectivity index (χ3n) is 4.26. The summed E-state index contributed by atoms with van der Waals surface area (Å²) in [5.74, 6) is 0.855. The van der Waals surface area contributed by atoms with Gasteiger partial charge in [0.1, 0.15) is 11.5 Å². The van der Waals surface area contributed by atoms with Crippen LogP contribution in [0, 0.1) is 0 Å². The molecule has 1 N–H and O–H groups in total. The van der Waals surface area contributed by atoms with Gasteiger partial charge < -0.3 is 9.47 Å². The first-order chi connectivity index (χ1) is 12.2. The zero-order valence-corrected chi connectivity index (χ0v) is 15.4. The molecule has 0 bridgehead atoms. The fourth-order valence-corrected chi connectivity index (χ4v) is 3.64. The Morgan fingerprint density at radius 3 is 2.76 bits per heavy atom. The molecule has 7 heteroatoms. The molecule has 1 saturated heterocycles. The molecule has 1 aliphatic rings. The zero-order valence-electron chi connectivity index (χ0n) is 14.6. The maximum atomic E-state index is 12.6. The average molecular weight is 361 g/mol. The Morgan fingerprint density at radius 2 is 2.04 bits per heavy atom. The van der Waals surface area contributed by atoms with Gasteiger partial charge in [0.2, 0.25) is 0 Å². The molecule has 1 aromatic heterocycles. The van der Waals surface area contributed by atoms with E-state index in [1.165, 1.54) is 30.6 Å². The van der Waals surface area contributed by atoms with Crippen LogP contribution in [0.25, 0.3) is 0 Å². The summed E-state index contributed by atoms with van der Waals surface area (Å²) in [5.41, 5.74) is 1.43. The fraction of sp³-hybridized carbons (Fsp3) is 0.444. The third-order valence-corrected chi connectivity index (χ3v) is 5.06. The maximum absolute atomic E-state index is 12.6. The number of piperidine rings is 1. The van der Waals surface area contributed by atoms with Gasteiger partial charge in [-0.15, -0.1) is 11.3 Å². The molecule has 2 heterocycles. The Morgan fingerprint density at radius 1 is 1.24 bits per heavy atom. The lowest BCUT2D eigenvalue weighted by atomic mass is 10.1. The Kier molecular flexibility index (Phi) is 5.88. The predicted molar refractivity (Wildman–Crippen MR) is 98.7 cm³/mol. The van der Waals surface area contributed by atoms with Gasteiger partial charge in [0.05, 0.1) is 25.5 Å². The number of carbonyl (C=O) groups excluding carboxylic acids is 1. The van der Waals surface area contributed by atoms with Crippen molar-refractivity contribution in [2.75, 3.05) is 32.6 Å². The quantitative estimate of drug-likeness (QED) is 0.854. The lowest BCUT2D eigenvalue weighted by Crippen LogP contribution is -2.29. The van der Waals surface area contributed by atoms with Gasteiger partial charge in [-0.2, -0.15) is 0 Å². The van der Waals surface area contributed by atoms with Crippen molar-refractivity contribution in [3.63, 3.8) is 0 Å². The minimum absolute atomic E-state index is 0.255. The van der Waals surface area contributed by atoms with Crippen molar-refractivity contribution in [1.29, 1.82) is 0 Å². The van der Waals surface area contributed by atoms with E-state index in [0.29, 0.717) is 22.2 Å². The molecule has 2 aromatic rings. The summed E-state index contributed by atoms with van der Waals surface area (Å²) < 4.78 is 10.5. The van der Waals surface area contributed by atoms with Gasteiger partial charge in [-0.1, -0.05) is 6.42 Å². The molecule has 0 saturated carbocycles. The number of methoxy groups -OCH3 is 2. The van der Waals surface area contributed by atoms with Crippen LogP contribution in [0.4, 0.5) is 5.13 Å². The molecule has 6 nitrogen and oxygen atoms in total. The van der Waals surface area contributed by atoms with E-state index in [2.05, 4.69) is 15.2 Å². The van der Waals surface area contributed by atoms with Gasteiger partial charge in [0.15, 0.2) is 5.13 Å². The van der Waals surface area contributed by atoms with Crippen LogP contribution in [0.1, 0.15) is 35.3 Å². The van der Waals surface area contributed by atoms with Crippen molar-refractivity contribution in [3.05, 3.63) is 34.8 Å². The van der Waals surface area contributed by atoms with Gasteiger partial charge in [-0.3, -0.25) is 15.0 Å². The molecule has 1 aliphatic heterocycles. The summed E-state index contributed by atoms with van der Waals surface area (Å²) >= 11 is 1.44. The van der Waals surface area contributed by atoms with Gasteiger partial charge in [-0.05, 0) is 44.1 Å². The van der Waals surface area contributed by atoms with Crippen molar-refractivity contribution >= 4 is 22.4 Å². The van der Waals surface area contributed by atoms with E-state index >= 15 is 0 Å². The topological polar surface area (TPSA) is 63.7 Å². The summed E-state index contributed by atoms with van der Waals surface area (Å²) in [6.07, 6.45) is 3.82. The number of aromatic nitrogens is 1. The maximum Gasteiger partial charge on any atom is 0.261 e. The van der Waals surface area contributed by atoms with Crippen LogP contribution in [0.3, 0.4) is 0 Å². The summed E-state index contributed by atoms with van der Waals surface area (Å²) in [6, 6.07) is 5.14. The number of hydrogen-bond acceptors (Lipinski definition) is 6. The Bertz CT molecular complexity index is 726. The van der Waals surface area contributed by atoms with E-state index in [1.807, 2.05) is 5.38 Å². The zero-order chi connectivity index (χ0) is 17.6. The van der Waals surface area contributed by atoms with E-state index in [0.717, 1.165) is 25.3 Å². The van der Waals surface area contributed by atoms with Crippen molar-refractivity contribution in [3.8, 4) is 11.5 Å². The molecule has 134 valence electrons. The SMILES string of the molecule is COc1ccc(OC)c(C(=O)Nc2nc(CN3CCCCC3)cs2)c1. The van der Waals surface area contributed by atoms with E-state index in [9.17, 15) is 4.79 Å². The van der Waals surface area contributed by atoms with Crippen molar-refractivity contribution in [2.45, 2.75) is 25.8 Å². The van der Waals surface area contributed by atoms with Gasteiger partial charge in [0.25, 0.3) is 5.91 Å². The molecule has 0 aliphatic carbocycles. The number of likely N-dealkylation sites (tertiary alicyclic amines) is 1. The molecule has 0 radical (unpaired) electrons. The van der Waals surface area contributed by atoms with Crippen LogP contribution in [0.15, 0.2) is 23.6 Å². The number of amides is 1. The van der Waals surface area contributed by atoms with E-state index < -0.39 is 0 Å². The Labute approximate surface area is 151 Å². The second-order valence-corrected chi connectivity index (χ2v) is 6.86. The molecule has 0 unspecified atom stereocenters. The largest absolute Gasteiger partial charge is 0.497 e. The van der Waals surface area contributed by atoms with Crippen LogP contribution in [-0.4, -0.2) is 43.1 Å². The molecule has 0 atom stereocenters. The van der Waals surface area contributed by atoms with Gasteiger partial charge in [0, 0.05) is 11.9 Å². The second-order valence-electron chi connectivity index (χ2n) is 6.00. The first-order valence-electron chi connectivity index (χ1n) is 8.39.